The Balaban J connectivity index is 1.35. The van der Waals surface area contributed by atoms with Crippen LogP contribution in [-0.2, 0) is 48.2 Å². The van der Waals surface area contributed by atoms with E-state index in [2.05, 4.69) is 0 Å². The molecule has 0 spiro atoms. The van der Waals surface area contributed by atoms with Crippen LogP contribution in [0.4, 0.5) is 4.79 Å². The van der Waals surface area contributed by atoms with Crippen molar-refractivity contribution in [3.63, 3.8) is 0 Å². The zero-order chi connectivity index (χ0) is 34.1. The predicted octanol–water partition coefficient (Wildman–Crippen LogP) is 6.65. The van der Waals surface area contributed by atoms with E-state index >= 15 is 0 Å². The number of rotatable bonds is 13. The third-order valence-electron chi connectivity index (χ3n) is 8.67. The minimum atomic E-state index is -0.995. The zero-order valence-electron chi connectivity index (χ0n) is 28.8. The van der Waals surface area contributed by atoms with Gasteiger partial charge in [0.05, 0.1) is 45.2 Å². The summed E-state index contributed by atoms with van der Waals surface area (Å²) >= 11 is 0. The molecule has 1 N–H and O–H groups in total. The smallest absolute Gasteiger partial charge is 0.412 e. The van der Waals surface area contributed by atoms with Gasteiger partial charge in [-0.1, -0.05) is 91.0 Å². The van der Waals surface area contributed by atoms with Gasteiger partial charge in [-0.15, -0.1) is 0 Å². The van der Waals surface area contributed by atoms with Crippen LogP contribution in [0.25, 0.3) is 0 Å². The molecular weight excluding hydrogens is 610 g/mol. The molecule has 6 atom stereocenters. The Bertz CT molecular complexity index is 1400. The highest BCUT2D eigenvalue weighted by atomic mass is 16.6. The van der Waals surface area contributed by atoms with Crippen molar-refractivity contribution in [3.8, 4) is 0 Å². The van der Waals surface area contributed by atoms with E-state index in [1.54, 1.807) is 4.90 Å². The van der Waals surface area contributed by atoms with Crippen LogP contribution < -0.4 is 0 Å². The number of aliphatic hydroxyl groups excluding tert-OH is 1. The summed E-state index contributed by atoms with van der Waals surface area (Å²) in [5.74, 6) is 0. The van der Waals surface area contributed by atoms with Crippen molar-refractivity contribution in [2.45, 2.75) is 115 Å². The SMILES string of the molecule is CC(C)(C)OC(=O)N1[C@@H](CC[C@@H]2OC(COCc3ccccc3)[C@@H](OCc3ccccc3)C(OCc3ccccc3)C2O)COC1(C)C. The van der Waals surface area contributed by atoms with Crippen LogP contribution in [-0.4, -0.2) is 77.2 Å². The number of nitrogens with zero attached hydrogens (tertiary/aromatic N) is 1. The minimum Gasteiger partial charge on any atom is -0.444 e. The van der Waals surface area contributed by atoms with Crippen LogP contribution >= 0.6 is 0 Å². The van der Waals surface area contributed by atoms with Crippen molar-refractivity contribution in [1.82, 2.24) is 4.90 Å². The first-order valence-electron chi connectivity index (χ1n) is 16.9. The predicted molar refractivity (Wildman–Crippen MR) is 182 cm³/mol. The van der Waals surface area contributed by atoms with E-state index in [0.717, 1.165) is 16.7 Å². The van der Waals surface area contributed by atoms with Crippen LogP contribution in [0.15, 0.2) is 91.0 Å². The quantitative estimate of drug-likeness (QED) is 0.218. The van der Waals surface area contributed by atoms with E-state index in [0.29, 0.717) is 39.3 Å². The first kappa shape index (κ1) is 36.0. The van der Waals surface area contributed by atoms with Gasteiger partial charge in [-0.25, -0.2) is 4.79 Å². The second-order valence-corrected chi connectivity index (χ2v) is 14.1. The minimum absolute atomic E-state index is 0.242. The van der Waals surface area contributed by atoms with Gasteiger partial charge in [0.25, 0.3) is 0 Å². The Morgan fingerprint density at radius 1 is 0.792 bits per heavy atom. The van der Waals surface area contributed by atoms with E-state index in [-0.39, 0.29) is 12.6 Å². The molecule has 2 fully saturated rings. The second-order valence-electron chi connectivity index (χ2n) is 14.1. The van der Waals surface area contributed by atoms with Crippen molar-refractivity contribution < 1.29 is 38.3 Å². The van der Waals surface area contributed by atoms with Crippen LogP contribution in [0.3, 0.4) is 0 Å². The fourth-order valence-corrected chi connectivity index (χ4v) is 6.30. The molecule has 48 heavy (non-hydrogen) atoms. The topological polar surface area (TPSA) is 95.9 Å². The van der Waals surface area contributed by atoms with Gasteiger partial charge in [-0.3, -0.25) is 4.90 Å². The van der Waals surface area contributed by atoms with E-state index in [1.165, 1.54) is 0 Å². The Morgan fingerprint density at radius 3 is 1.85 bits per heavy atom. The Labute approximate surface area is 285 Å². The summed E-state index contributed by atoms with van der Waals surface area (Å²) in [7, 11) is 0. The molecule has 0 bridgehead atoms. The van der Waals surface area contributed by atoms with Crippen molar-refractivity contribution in [2.24, 2.45) is 0 Å². The van der Waals surface area contributed by atoms with Crippen molar-refractivity contribution in [2.75, 3.05) is 13.2 Å². The molecule has 2 aliphatic rings. The van der Waals surface area contributed by atoms with Crippen molar-refractivity contribution in [3.05, 3.63) is 108 Å². The van der Waals surface area contributed by atoms with Crippen molar-refractivity contribution in [1.29, 1.82) is 0 Å². The van der Waals surface area contributed by atoms with Gasteiger partial charge in [-0.2, -0.15) is 0 Å². The molecule has 2 aliphatic heterocycles. The second kappa shape index (κ2) is 16.4. The molecule has 1 amide bonds. The molecule has 9 nitrogen and oxygen atoms in total. The molecule has 0 aliphatic carbocycles. The molecule has 0 saturated carbocycles. The summed E-state index contributed by atoms with van der Waals surface area (Å²) in [6.07, 6.45) is -2.86. The fourth-order valence-electron chi connectivity index (χ4n) is 6.30. The van der Waals surface area contributed by atoms with Gasteiger partial charge in [0.15, 0.2) is 0 Å². The lowest BCUT2D eigenvalue weighted by Crippen LogP contribution is -2.60. The lowest BCUT2D eigenvalue weighted by Gasteiger charge is -2.45. The first-order chi connectivity index (χ1) is 23.0. The summed E-state index contributed by atoms with van der Waals surface area (Å²) in [5.41, 5.74) is 1.57. The van der Waals surface area contributed by atoms with Crippen LogP contribution in [0.1, 0.15) is 64.2 Å². The fraction of sp³-hybridized carbons (Fsp3) is 0.513. The van der Waals surface area contributed by atoms with Crippen molar-refractivity contribution >= 4 is 6.09 Å². The lowest BCUT2D eigenvalue weighted by molar-refractivity contribution is -0.262. The molecular formula is C39H51NO8. The monoisotopic (exact) mass is 661 g/mol. The number of ether oxygens (including phenoxy) is 6. The third kappa shape index (κ3) is 9.87. The maximum absolute atomic E-state index is 13.3. The largest absolute Gasteiger partial charge is 0.444 e. The number of hydrogen-bond acceptors (Lipinski definition) is 8. The maximum atomic E-state index is 13.3. The molecule has 3 aromatic rings. The van der Waals surface area contributed by atoms with Gasteiger partial charge in [-0.05, 0) is 64.2 Å². The van der Waals surface area contributed by atoms with Gasteiger partial charge in [0.2, 0.25) is 0 Å². The highest BCUT2D eigenvalue weighted by Crippen LogP contribution is 2.35. The van der Waals surface area contributed by atoms with Gasteiger partial charge in [0, 0.05) is 0 Å². The highest BCUT2D eigenvalue weighted by molar-refractivity contribution is 5.69. The summed E-state index contributed by atoms with van der Waals surface area (Å²) < 4.78 is 37.7. The molecule has 9 heteroatoms. The van der Waals surface area contributed by atoms with Gasteiger partial charge >= 0.3 is 6.09 Å². The summed E-state index contributed by atoms with van der Waals surface area (Å²) in [5, 5.41) is 11.9. The number of aliphatic hydroxyl groups is 1. The number of amides is 1. The average molecular weight is 662 g/mol. The summed E-state index contributed by atoms with van der Waals surface area (Å²) in [6, 6.07) is 29.5. The van der Waals surface area contributed by atoms with Crippen LogP contribution in [0.2, 0.25) is 0 Å². The lowest BCUT2D eigenvalue weighted by atomic mass is 9.91. The molecule has 3 unspecified atom stereocenters. The first-order valence-corrected chi connectivity index (χ1v) is 16.9. The van der Waals surface area contributed by atoms with E-state index < -0.39 is 47.9 Å². The Morgan fingerprint density at radius 2 is 1.31 bits per heavy atom. The van der Waals surface area contributed by atoms with Gasteiger partial charge in [0.1, 0.15) is 35.7 Å². The summed E-state index contributed by atoms with van der Waals surface area (Å²) in [4.78, 5) is 15.0. The molecule has 2 heterocycles. The van der Waals surface area contributed by atoms with Gasteiger partial charge < -0.3 is 33.5 Å². The standard InChI is InChI=1S/C39H51NO8/c1-38(2,3)48-37(42)40-31(26-46-39(40,4)5)21-22-32-34(41)36(45-25-30-19-13-8-14-20-30)35(44-24-29-17-11-7-12-18-29)33(47-32)27-43-23-28-15-9-6-10-16-28/h6-20,31-36,41H,21-27H2,1-5H3/t31-,32-,33?,34?,35+,36?/m0/s1. The molecule has 2 saturated heterocycles. The van der Waals surface area contributed by atoms with E-state index in [4.69, 9.17) is 28.4 Å². The number of benzene rings is 3. The normalized spacial score (nSPS) is 25.6. The number of carbonyl (C=O) groups is 1. The van der Waals surface area contributed by atoms with E-state index in [1.807, 2.05) is 126 Å². The molecule has 260 valence electrons. The van der Waals surface area contributed by atoms with Crippen LogP contribution in [0, 0.1) is 0 Å². The highest BCUT2D eigenvalue weighted by Gasteiger charge is 2.49. The average Bonchev–Trinajstić information content (AvgIpc) is 3.37. The molecule has 3 aromatic carbocycles. The molecule has 5 rings (SSSR count). The summed E-state index contributed by atoms with van der Waals surface area (Å²) in [6.45, 7) is 10.9. The third-order valence-corrected chi connectivity index (χ3v) is 8.67. The number of carbonyl (C=O) groups excluding carboxylic acids is 1. The van der Waals surface area contributed by atoms with Crippen LogP contribution in [0.5, 0.6) is 0 Å². The number of hydrogen-bond donors (Lipinski definition) is 1. The molecule has 0 aromatic heterocycles. The maximum Gasteiger partial charge on any atom is 0.412 e. The zero-order valence-corrected chi connectivity index (χ0v) is 28.8. The Hall–Kier alpha value is -3.31. The molecule has 0 radical (unpaired) electrons. The Kier molecular flexibility index (Phi) is 12.3. The van der Waals surface area contributed by atoms with E-state index in [9.17, 15) is 9.90 Å².